The van der Waals surface area contributed by atoms with Crippen LogP contribution in [-0.2, 0) is 0 Å². The molecule has 3 heteroatoms. The van der Waals surface area contributed by atoms with Crippen molar-refractivity contribution in [1.82, 2.24) is 4.98 Å². The second-order valence-electron chi connectivity index (χ2n) is 6.57. The summed E-state index contributed by atoms with van der Waals surface area (Å²) in [7, 11) is 0. The van der Waals surface area contributed by atoms with Crippen LogP contribution < -0.4 is 0 Å². The van der Waals surface area contributed by atoms with Crippen molar-refractivity contribution in [3.05, 3.63) is 77.3 Å². The van der Waals surface area contributed by atoms with E-state index in [4.69, 9.17) is 4.98 Å². The molecule has 6 rings (SSSR count). The van der Waals surface area contributed by atoms with Gasteiger partial charge in [0.15, 0.2) is 0 Å². The molecule has 0 amide bonds. The summed E-state index contributed by atoms with van der Waals surface area (Å²) in [6, 6.07) is 26.0. The molecule has 0 aliphatic rings. The number of thiazole rings is 1. The lowest BCUT2D eigenvalue weighted by Gasteiger charge is -2.13. The van der Waals surface area contributed by atoms with E-state index in [9.17, 15) is 0 Å². The summed E-state index contributed by atoms with van der Waals surface area (Å²) >= 11 is 5.48. The van der Waals surface area contributed by atoms with E-state index in [1.165, 1.54) is 42.6 Å². The number of aromatic nitrogens is 1. The molecule has 0 bridgehead atoms. The number of hydrogen-bond donors (Lipinski definition) is 0. The highest BCUT2D eigenvalue weighted by atomic mass is 79.9. The Balaban J connectivity index is 1.78. The average Bonchev–Trinajstić information content (AvgIpc) is 3.11. The van der Waals surface area contributed by atoms with Gasteiger partial charge in [-0.15, -0.1) is 11.3 Å². The SMILES string of the molecule is Brc1ccc2ccc3c(-c4nc5ccccc5s4)ccc4ccc1c2c43. The molecule has 1 nitrogen and oxygen atoms in total. The lowest BCUT2D eigenvalue weighted by Crippen LogP contribution is -1.87. The average molecular weight is 414 g/mol. The van der Waals surface area contributed by atoms with E-state index in [1.807, 2.05) is 6.07 Å². The number of nitrogens with zero attached hydrogens (tertiary/aromatic N) is 1. The first-order chi connectivity index (χ1) is 12.8. The number of para-hydroxylation sites is 1. The van der Waals surface area contributed by atoms with Gasteiger partial charge in [-0.05, 0) is 50.5 Å². The van der Waals surface area contributed by atoms with Crippen molar-refractivity contribution < 1.29 is 0 Å². The highest BCUT2D eigenvalue weighted by molar-refractivity contribution is 9.10. The molecule has 0 atom stereocenters. The third kappa shape index (κ3) is 1.93. The van der Waals surface area contributed by atoms with Gasteiger partial charge in [0.25, 0.3) is 0 Å². The van der Waals surface area contributed by atoms with Crippen molar-refractivity contribution in [2.75, 3.05) is 0 Å². The normalized spacial score (nSPS) is 12.0. The summed E-state index contributed by atoms with van der Waals surface area (Å²) in [6.07, 6.45) is 0. The third-order valence-electron chi connectivity index (χ3n) is 5.14. The highest BCUT2D eigenvalue weighted by Crippen LogP contribution is 2.42. The fourth-order valence-electron chi connectivity index (χ4n) is 3.94. The van der Waals surface area contributed by atoms with Gasteiger partial charge in [-0.3, -0.25) is 0 Å². The maximum atomic E-state index is 4.89. The van der Waals surface area contributed by atoms with Crippen molar-refractivity contribution in [3.8, 4) is 10.6 Å². The Morgan fingerprint density at radius 1 is 0.692 bits per heavy atom. The van der Waals surface area contributed by atoms with Crippen LogP contribution in [-0.4, -0.2) is 4.98 Å². The minimum absolute atomic E-state index is 1.07. The fourth-order valence-corrected chi connectivity index (χ4v) is 5.41. The van der Waals surface area contributed by atoms with E-state index in [0.717, 1.165) is 15.0 Å². The van der Waals surface area contributed by atoms with Gasteiger partial charge in [0.05, 0.1) is 10.2 Å². The first-order valence-corrected chi connectivity index (χ1v) is 10.1. The summed E-state index contributed by atoms with van der Waals surface area (Å²) < 4.78 is 2.38. The van der Waals surface area contributed by atoms with Gasteiger partial charge in [0, 0.05) is 10.0 Å². The Morgan fingerprint density at radius 3 is 2.23 bits per heavy atom. The number of halogens is 1. The first-order valence-electron chi connectivity index (χ1n) is 8.51. The molecule has 0 spiro atoms. The Kier molecular flexibility index (Phi) is 2.96. The maximum Gasteiger partial charge on any atom is 0.125 e. The molecule has 0 saturated heterocycles. The standard InChI is InChI=1S/C23H12BrNS/c24-18-12-8-14-5-9-15-16(23-25-19-3-1-2-4-20(19)26-23)10-6-13-7-11-17(18)22(14)21(13)15/h1-12H. The molecule has 0 radical (unpaired) electrons. The molecule has 1 heterocycles. The molecule has 26 heavy (non-hydrogen) atoms. The van der Waals surface area contributed by atoms with Crippen LogP contribution in [0.25, 0.3) is 53.1 Å². The molecule has 0 fully saturated rings. The van der Waals surface area contributed by atoms with E-state index in [1.54, 1.807) is 11.3 Å². The number of benzene rings is 5. The summed E-state index contributed by atoms with van der Waals surface area (Å²) in [6.45, 7) is 0. The summed E-state index contributed by atoms with van der Waals surface area (Å²) in [4.78, 5) is 4.89. The highest BCUT2D eigenvalue weighted by Gasteiger charge is 2.15. The van der Waals surface area contributed by atoms with Crippen molar-refractivity contribution in [3.63, 3.8) is 0 Å². The van der Waals surface area contributed by atoms with Crippen LogP contribution in [0.2, 0.25) is 0 Å². The quantitative estimate of drug-likeness (QED) is 0.252. The maximum absolute atomic E-state index is 4.89. The fraction of sp³-hybridized carbons (Fsp3) is 0. The predicted molar refractivity (Wildman–Crippen MR) is 116 cm³/mol. The summed E-state index contributed by atoms with van der Waals surface area (Å²) in [5.74, 6) is 0. The zero-order valence-corrected chi connectivity index (χ0v) is 16.1. The summed E-state index contributed by atoms with van der Waals surface area (Å²) in [5.41, 5.74) is 2.29. The van der Waals surface area contributed by atoms with Gasteiger partial charge < -0.3 is 0 Å². The molecule has 0 N–H and O–H groups in total. The monoisotopic (exact) mass is 413 g/mol. The van der Waals surface area contributed by atoms with Crippen molar-refractivity contribution in [1.29, 1.82) is 0 Å². The topological polar surface area (TPSA) is 12.9 Å². The molecule has 0 unspecified atom stereocenters. The second-order valence-corrected chi connectivity index (χ2v) is 8.45. The van der Waals surface area contributed by atoms with E-state index in [0.29, 0.717) is 0 Å². The number of hydrogen-bond acceptors (Lipinski definition) is 2. The van der Waals surface area contributed by atoms with E-state index < -0.39 is 0 Å². The van der Waals surface area contributed by atoms with Crippen molar-refractivity contribution in [2.45, 2.75) is 0 Å². The van der Waals surface area contributed by atoms with E-state index in [2.05, 4.69) is 82.7 Å². The molecule has 0 aliphatic heterocycles. The molecular weight excluding hydrogens is 402 g/mol. The number of fused-ring (bicyclic) bond motifs is 1. The smallest absolute Gasteiger partial charge is 0.125 e. The number of rotatable bonds is 1. The van der Waals surface area contributed by atoms with E-state index in [-0.39, 0.29) is 0 Å². The minimum Gasteiger partial charge on any atom is -0.236 e. The van der Waals surface area contributed by atoms with Crippen LogP contribution in [0, 0.1) is 0 Å². The molecule has 0 aliphatic carbocycles. The van der Waals surface area contributed by atoms with Crippen LogP contribution in [0.4, 0.5) is 0 Å². The van der Waals surface area contributed by atoms with Gasteiger partial charge in [0.2, 0.25) is 0 Å². The molecule has 1 aromatic heterocycles. The molecule has 0 saturated carbocycles. The lowest BCUT2D eigenvalue weighted by molar-refractivity contribution is 1.49. The van der Waals surface area contributed by atoms with Crippen LogP contribution in [0.15, 0.2) is 77.3 Å². The second kappa shape index (κ2) is 5.26. The predicted octanol–water partition coefficient (Wildman–Crippen LogP) is 7.62. The van der Waals surface area contributed by atoms with Crippen LogP contribution in [0.1, 0.15) is 0 Å². The van der Waals surface area contributed by atoms with Gasteiger partial charge in [0.1, 0.15) is 5.01 Å². The molecule has 5 aromatic carbocycles. The zero-order valence-electron chi connectivity index (χ0n) is 13.7. The van der Waals surface area contributed by atoms with Crippen LogP contribution in [0.5, 0.6) is 0 Å². The lowest BCUT2D eigenvalue weighted by atomic mass is 9.92. The Hall–Kier alpha value is -2.49. The van der Waals surface area contributed by atoms with Crippen molar-refractivity contribution >= 4 is 69.8 Å². The van der Waals surface area contributed by atoms with Gasteiger partial charge in [-0.1, -0.05) is 70.5 Å². The molecule has 6 aromatic rings. The van der Waals surface area contributed by atoms with Gasteiger partial charge >= 0.3 is 0 Å². The third-order valence-corrected chi connectivity index (χ3v) is 6.90. The van der Waals surface area contributed by atoms with Gasteiger partial charge in [-0.2, -0.15) is 0 Å². The van der Waals surface area contributed by atoms with Crippen LogP contribution >= 0.6 is 27.3 Å². The van der Waals surface area contributed by atoms with Gasteiger partial charge in [-0.25, -0.2) is 4.98 Å². The Bertz CT molecular complexity index is 1410. The Morgan fingerprint density at radius 2 is 1.38 bits per heavy atom. The largest absolute Gasteiger partial charge is 0.236 e. The van der Waals surface area contributed by atoms with Crippen LogP contribution in [0.3, 0.4) is 0 Å². The summed E-state index contributed by atoms with van der Waals surface area (Å²) in [5, 5.41) is 8.85. The van der Waals surface area contributed by atoms with Crippen molar-refractivity contribution in [2.24, 2.45) is 0 Å². The van der Waals surface area contributed by atoms with E-state index >= 15 is 0 Å². The zero-order chi connectivity index (χ0) is 17.3. The molecular formula is C23H12BrNS. The molecule has 122 valence electrons. The Labute approximate surface area is 162 Å². The minimum atomic E-state index is 1.07. The first kappa shape index (κ1) is 14.7.